The number of esters is 1. The minimum Gasteiger partial charge on any atom is -0.497 e. The second kappa shape index (κ2) is 8.57. The molecule has 2 aliphatic rings. The summed E-state index contributed by atoms with van der Waals surface area (Å²) in [5.41, 5.74) is 2.34. The lowest BCUT2D eigenvalue weighted by Gasteiger charge is -2.40. The number of likely N-dealkylation sites (tertiary alicyclic amines) is 1. The molecule has 0 amide bonds. The fourth-order valence-corrected chi connectivity index (χ4v) is 4.90. The van der Waals surface area contributed by atoms with Gasteiger partial charge in [0.1, 0.15) is 11.3 Å². The van der Waals surface area contributed by atoms with E-state index in [9.17, 15) is 4.79 Å². The number of pyridine rings is 1. The number of nitrogens with zero attached hydrogens (tertiary/aromatic N) is 3. The minimum atomic E-state index is -0.310. The van der Waals surface area contributed by atoms with Crippen molar-refractivity contribution in [1.82, 2.24) is 9.88 Å². The van der Waals surface area contributed by atoms with Crippen molar-refractivity contribution in [3.63, 3.8) is 0 Å². The molecular formula is C23H31N3O3. The molecule has 0 spiro atoms. The number of aromatic nitrogens is 1. The maximum Gasteiger partial charge on any atom is 0.341 e. The Morgan fingerprint density at radius 2 is 2.00 bits per heavy atom. The van der Waals surface area contributed by atoms with Crippen LogP contribution in [-0.4, -0.2) is 61.3 Å². The summed E-state index contributed by atoms with van der Waals surface area (Å²) < 4.78 is 10.8. The number of hydrogen-bond acceptors (Lipinski definition) is 6. The molecule has 0 saturated carbocycles. The second-order valence-corrected chi connectivity index (χ2v) is 8.07. The third-order valence-electron chi connectivity index (χ3n) is 6.40. The Kier molecular flexibility index (Phi) is 5.90. The molecule has 1 aromatic carbocycles. The van der Waals surface area contributed by atoms with Crippen molar-refractivity contribution in [1.29, 1.82) is 0 Å². The van der Waals surface area contributed by atoms with Crippen LogP contribution in [0.15, 0.2) is 24.4 Å². The number of benzene rings is 1. The summed E-state index contributed by atoms with van der Waals surface area (Å²) in [7, 11) is 1.66. The molecular weight excluding hydrogens is 366 g/mol. The van der Waals surface area contributed by atoms with Crippen LogP contribution in [0.4, 0.5) is 5.69 Å². The van der Waals surface area contributed by atoms with Crippen molar-refractivity contribution in [2.24, 2.45) is 0 Å². The van der Waals surface area contributed by atoms with Gasteiger partial charge in [0.15, 0.2) is 0 Å². The van der Waals surface area contributed by atoms with Gasteiger partial charge in [0.2, 0.25) is 0 Å². The van der Waals surface area contributed by atoms with Gasteiger partial charge in [0.05, 0.1) is 24.9 Å². The molecule has 1 atom stereocenters. The van der Waals surface area contributed by atoms with Crippen molar-refractivity contribution < 1.29 is 14.3 Å². The topological polar surface area (TPSA) is 54.9 Å². The largest absolute Gasteiger partial charge is 0.497 e. The molecule has 2 aromatic rings. The van der Waals surface area contributed by atoms with Crippen LogP contribution in [0.2, 0.25) is 0 Å². The quantitative estimate of drug-likeness (QED) is 0.714. The summed E-state index contributed by atoms with van der Waals surface area (Å²) in [5.74, 6) is 0.456. The molecule has 156 valence electrons. The molecule has 4 rings (SSSR count). The highest BCUT2D eigenvalue weighted by atomic mass is 16.5. The monoisotopic (exact) mass is 397 g/mol. The lowest BCUT2D eigenvalue weighted by Crippen LogP contribution is -2.46. The number of carbonyl (C=O) groups excluding carboxylic acids is 1. The van der Waals surface area contributed by atoms with Gasteiger partial charge in [-0.05, 0) is 64.3 Å². The molecule has 2 saturated heterocycles. The van der Waals surface area contributed by atoms with E-state index < -0.39 is 0 Å². The molecule has 1 aromatic heterocycles. The van der Waals surface area contributed by atoms with Gasteiger partial charge in [0.25, 0.3) is 0 Å². The summed E-state index contributed by atoms with van der Waals surface area (Å²) in [5, 5.41) is 0.947. The van der Waals surface area contributed by atoms with Crippen LogP contribution in [0.25, 0.3) is 10.9 Å². The zero-order valence-corrected chi connectivity index (χ0v) is 17.7. The first-order valence-electron chi connectivity index (χ1n) is 10.8. The lowest BCUT2D eigenvalue weighted by molar-refractivity contribution is 0.0526. The maximum atomic E-state index is 12.7. The summed E-state index contributed by atoms with van der Waals surface area (Å²) in [4.78, 5) is 22.2. The van der Waals surface area contributed by atoms with Crippen LogP contribution in [-0.2, 0) is 4.74 Å². The normalized spacial score (nSPS) is 20.9. The summed E-state index contributed by atoms with van der Waals surface area (Å²) in [6.45, 7) is 7.60. The number of anilines is 1. The molecule has 29 heavy (non-hydrogen) atoms. The smallest absolute Gasteiger partial charge is 0.341 e. The number of fused-ring (bicyclic) bond motifs is 1. The Morgan fingerprint density at radius 1 is 1.21 bits per heavy atom. The first-order chi connectivity index (χ1) is 14.1. The number of methoxy groups -OCH3 is 1. The van der Waals surface area contributed by atoms with Crippen LogP contribution in [0.5, 0.6) is 5.75 Å². The molecule has 0 aliphatic carbocycles. The predicted octanol–water partition coefficient (Wildman–Crippen LogP) is 3.87. The molecule has 6 nitrogen and oxygen atoms in total. The van der Waals surface area contributed by atoms with Gasteiger partial charge in [-0.15, -0.1) is 0 Å². The van der Waals surface area contributed by atoms with Crippen LogP contribution >= 0.6 is 0 Å². The summed E-state index contributed by atoms with van der Waals surface area (Å²) in [6.07, 6.45) is 6.50. The first kappa shape index (κ1) is 20.0. The molecule has 2 aliphatic heterocycles. The van der Waals surface area contributed by atoms with E-state index in [0.717, 1.165) is 48.3 Å². The van der Waals surface area contributed by atoms with Gasteiger partial charge in [-0.1, -0.05) is 0 Å². The SMILES string of the molecule is CCOC(=O)c1cnc2ccc(OC)cc2c1N1CCC(N2CCCC2C)CC1. The van der Waals surface area contributed by atoms with Crippen LogP contribution in [0, 0.1) is 0 Å². The Balaban J connectivity index is 1.67. The molecule has 3 heterocycles. The third kappa shape index (κ3) is 3.90. The Morgan fingerprint density at radius 3 is 2.66 bits per heavy atom. The molecule has 0 N–H and O–H groups in total. The Hall–Kier alpha value is -2.34. The average molecular weight is 398 g/mol. The van der Waals surface area contributed by atoms with E-state index in [1.165, 1.54) is 19.4 Å². The van der Waals surface area contributed by atoms with Crippen molar-refractivity contribution in [2.45, 2.75) is 51.6 Å². The van der Waals surface area contributed by atoms with Crippen molar-refractivity contribution in [3.8, 4) is 5.75 Å². The van der Waals surface area contributed by atoms with E-state index in [0.29, 0.717) is 24.3 Å². The third-order valence-corrected chi connectivity index (χ3v) is 6.40. The lowest BCUT2D eigenvalue weighted by atomic mass is 9.99. The van der Waals surface area contributed by atoms with Gasteiger partial charge >= 0.3 is 5.97 Å². The van der Waals surface area contributed by atoms with E-state index in [2.05, 4.69) is 21.7 Å². The fourth-order valence-electron chi connectivity index (χ4n) is 4.90. The Bertz CT molecular complexity index is 877. The minimum absolute atomic E-state index is 0.310. The molecule has 6 heteroatoms. The van der Waals surface area contributed by atoms with Crippen molar-refractivity contribution in [3.05, 3.63) is 30.0 Å². The first-order valence-corrected chi connectivity index (χ1v) is 10.8. The molecule has 1 unspecified atom stereocenters. The zero-order valence-electron chi connectivity index (χ0n) is 17.7. The molecule has 0 bridgehead atoms. The number of piperidine rings is 1. The van der Waals surface area contributed by atoms with Gasteiger partial charge in [-0.2, -0.15) is 0 Å². The van der Waals surface area contributed by atoms with E-state index in [1.807, 2.05) is 25.1 Å². The van der Waals surface area contributed by atoms with Gasteiger partial charge in [0, 0.05) is 36.8 Å². The second-order valence-electron chi connectivity index (χ2n) is 8.07. The van der Waals surface area contributed by atoms with Gasteiger partial charge in [-0.25, -0.2) is 4.79 Å². The summed E-state index contributed by atoms with van der Waals surface area (Å²) >= 11 is 0. The molecule has 0 radical (unpaired) electrons. The van der Waals surface area contributed by atoms with E-state index in [1.54, 1.807) is 13.3 Å². The zero-order chi connectivity index (χ0) is 20.4. The summed E-state index contributed by atoms with van der Waals surface area (Å²) in [6, 6.07) is 7.16. The highest BCUT2D eigenvalue weighted by molar-refractivity contribution is 6.05. The number of ether oxygens (including phenoxy) is 2. The van der Waals surface area contributed by atoms with E-state index >= 15 is 0 Å². The maximum absolute atomic E-state index is 12.7. The number of rotatable bonds is 5. The Labute approximate surface area is 172 Å². The van der Waals surface area contributed by atoms with Crippen LogP contribution in [0.3, 0.4) is 0 Å². The predicted molar refractivity (Wildman–Crippen MR) is 115 cm³/mol. The van der Waals surface area contributed by atoms with E-state index in [4.69, 9.17) is 9.47 Å². The molecule has 2 fully saturated rings. The van der Waals surface area contributed by atoms with Gasteiger partial charge < -0.3 is 14.4 Å². The van der Waals surface area contributed by atoms with E-state index in [-0.39, 0.29) is 5.97 Å². The van der Waals surface area contributed by atoms with Crippen molar-refractivity contribution >= 4 is 22.6 Å². The van der Waals surface area contributed by atoms with Gasteiger partial charge in [-0.3, -0.25) is 9.88 Å². The van der Waals surface area contributed by atoms with Crippen molar-refractivity contribution in [2.75, 3.05) is 38.3 Å². The van der Waals surface area contributed by atoms with Crippen LogP contribution < -0.4 is 9.64 Å². The fraction of sp³-hybridized carbons (Fsp3) is 0.565. The standard InChI is InChI=1S/C23H31N3O3/c1-4-29-23(27)20-15-24-21-8-7-18(28-3)14-19(21)22(20)25-12-9-17(10-13-25)26-11-5-6-16(26)2/h7-8,14-17H,4-6,9-13H2,1-3H3. The van der Waals surface area contributed by atoms with Crippen LogP contribution in [0.1, 0.15) is 49.9 Å². The number of carbonyl (C=O) groups is 1. The highest BCUT2D eigenvalue weighted by Gasteiger charge is 2.32. The average Bonchev–Trinajstić information content (AvgIpc) is 3.18. The highest BCUT2D eigenvalue weighted by Crippen LogP contribution is 2.35. The number of hydrogen-bond donors (Lipinski definition) is 0.